The Bertz CT molecular complexity index is 2460. The van der Waals surface area contributed by atoms with Gasteiger partial charge in [0.05, 0.1) is 5.69 Å². The number of nitrogens with zero attached hydrogens (tertiary/aromatic N) is 1. The van der Waals surface area contributed by atoms with E-state index in [1.54, 1.807) is 0 Å². The van der Waals surface area contributed by atoms with Crippen LogP contribution in [0.1, 0.15) is 25.0 Å². The first-order chi connectivity index (χ1) is 22.6. The lowest BCUT2D eigenvalue weighted by atomic mass is 9.82. The lowest BCUT2D eigenvalue weighted by Gasteiger charge is -2.30. The molecule has 46 heavy (non-hydrogen) atoms. The summed E-state index contributed by atoms with van der Waals surface area (Å²) in [6.07, 6.45) is 0. The maximum absolute atomic E-state index is 2.48. The Morgan fingerprint density at radius 3 is 1.80 bits per heavy atom. The summed E-state index contributed by atoms with van der Waals surface area (Å²) in [5.74, 6) is 0. The van der Waals surface area contributed by atoms with Gasteiger partial charge >= 0.3 is 0 Å². The van der Waals surface area contributed by atoms with Gasteiger partial charge in [-0.2, -0.15) is 0 Å². The van der Waals surface area contributed by atoms with Gasteiger partial charge in [0.15, 0.2) is 0 Å². The maximum atomic E-state index is 2.48. The molecule has 0 saturated heterocycles. The van der Waals surface area contributed by atoms with Gasteiger partial charge in [-0.15, -0.1) is 0 Å². The number of rotatable bonds is 4. The smallest absolute Gasteiger partial charge is 0.0546 e. The van der Waals surface area contributed by atoms with Crippen molar-refractivity contribution in [3.8, 4) is 22.3 Å². The minimum Gasteiger partial charge on any atom is -0.310 e. The predicted molar refractivity (Wildman–Crippen MR) is 197 cm³/mol. The Hall–Kier alpha value is -5.66. The fourth-order valence-electron chi connectivity index (χ4n) is 7.76. The topological polar surface area (TPSA) is 3.24 Å². The Balaban J connectivity index is 1.37. The third-order valence-corrected chi connectivity index (χ3v) is 10.0. The van der Waals surface area contributed by atoms with Crippen LogP contribution in [0.4, 0.5) is 17.1 Å². The van der Waals surface area contributed by atoms with Crippen LogP contribution in [-0.4, -0.2) is 0 Å². The summed E-state index contributed by atoms with van der Waals surface area (Å²) < 4.78 is 0. The number of hydrogen-bond acceptors (Lipinski definition) is 1. The standard InChI is InChI=1S/C45H33N/c1-45(2)41-21-10-9-19-38(41)40-29-35(25-26-42(40)45)46(34-24-22-30-12-3-4-15-33(30)28-34)43-27-23-32-14-6-8-18-37(32)44(43)39-20-11-16-31-13-5-7-17-36(31)39/h3-29H,1-2H3. The molecule has 8 aromatic rings. The number of fused-ring (bicyclic) bond motifs is 6. The first-order valence-corrected chi connectivity index (χ1v) is 16.1. The van der Waals surface area contributed by atoms with Crippen molar-refractivity contribution < 1.29 is 0 Å². The molecule has 9 rings (SSSR count). The molecule has 1 nitrogen and oxygen atoms in total. The van der Waals surface area contributed by atoms with Gasteiger partial charge in [0.2, 0.25) is 0 Å². The van der Waals surface area contributed by atoms with Crippen LogP contribution >= 0.6 is 0 Å². The van der Waals surface area contributed by atoms with Crippen LogP contribution in [0.3, 0.4) is 0 Å². The zero-order valence-corrected chi connectivity index (χ0v) is 26.0. The van der Waals surface area contributed by atoms with Gasteiger partial charge in [-0.05, 0) is 90.5 Å². The average Bonchev–Trinajstić information content (AvgIpc) is 3.33. The summed E-state index contributed by atoms with van der Waals surface area (Å²) in [4.78, 5) is 2.48. The van der Waals surface area contributed by atoms with Crippen LogP contribution < -0.4 is 4.90 Å². The van der Waals surface area contributed by atoms with Gasteiger partial charge < -0.3 is 4.90 Å². The summed E-state index contributed by atoms with van der Waals surface area (Å²) in [5, 5.41) is 7.44. The van der Waals surface area contributed by atoms with Gasteiger partial charge in [0.25, 0.3) is 0 Å². The molecule has 0 aromatic heterocycles. The summed E-state index contributed by atoms with van der Waals surface area (Å²) >= 11 is 0. The molecule has 8 aromatic carbocycles. The van der Waals surface area contributed by atoms with Gasteiger partial charge in [0.1, 0.15) is 0 Å². The minimum atomic E-state index is -0.0463. The third-order valence-electron chi connectivity index (χ3n) is 10.0. The van der Waals surface area contributed by atoms with Crippen molar-refractivity contribution >= 4 is 49.4 Å². The first-order valence-electron chi connectivity index (χ1n) is 16.1. The molecular formula is C45H33N. The molecular weight excluding hydrogens is 555 g/mol. The lowest BCUT2D eigenvalue weighted by molar-refractivity contribution is 0.660. The average molecular weight is 588 g/mol. The van der Waals surface area contributed by atoms with E-state index in [4.69, 9.17) is 0 Å². The molecule has 0 spiro atoms. The Kier molecular flexibility index (Phi) is 5.92. The second-order valence-corrected chi connectivity index (χ2v) is 13.0. The Morgan fingerprint density at radius 2 is 0.957 bits per heavy atom. The monoisotopic (exact) mass is 587 g/mol. The van der Waals surface area contributed by atoms with Crippen LogP contribution in [0.15, 0.2) is 164 Å². The highest BCUT2D eigenvalue weighted by Gasteiger charge is 2.35. The highest BCUT2D eigenvalue weighted by Crippen LogP contribution is 2.52. The van der Waals surface area contributed by atoms with Crippen molar-refractivity contribution in [2.75, 3.05) is 4.90 Å². The summed E-state index contributed by atoms with van der Waals surface area (Å²) in [6, 6.07) is 60.3. The molecule has 1 aliphatic rings. The molecule has 0 N–H and O–H groups in total. The fourth-order valence-corrected chi connectivity index (χ4v) is 7.76. The van der Waals surface area contributed by atoms with Crippen molar-refractivity contribution in [2.24, 2.45) is 0 Å². The molecule has 218 valence electrons. The molecule has 1 aliphatic carbocycles. The molecule has 0 heterocycles. The van der Waals surface area contributed by atoms with Crippen LogP contribution in [0, 0.1) is 0 Å². The van der Waals surface area contributed by atoms with Crippen molar-refractivity contribution in [3.05, 3.63) is 175 Å². The number of hydrogen-bond donors (Lipinski definition) is 0. The fraction of sp³-hybridized carbons (Fsp3) is 0.0667. The van der Waals surface area contributed by atoms with Crippen LogP contribution in [-0.2, 0) is 5.41 Å². The highest BCUT2D eigenvalue weighted by molar-refractivity contribution is 6.11. The second-order valence-electron chi connectivity index (χ2n) is 13.0. The van der Waals surface area contributed by atoms with Crippen LogP contribution in [0.25, 0.3) is 54.6 Å². The van der Waals surface area contributed by atoms with Crippen molar-refractivity contribution in [1.29, 1.82) is 0 Å². The number of anilines is 3. The van der Waals surface area contributed by atoms with Crippen molar-refractivity contribution in [3.63, 3.8) is 0 Å². The van der Waals surface area contributed by atoms with Gasteiger partial charge in [-0.1, -0.05) is 147 Å². The van der Waals surface area contributed by atoms with Gasteiger partial charge in [-0.25, -0.2) is 0 Å². The van der Waals surface area contributed by atoms with E-state index in [1.807, 2.05) is 0 Å². The first kappa shape index (κ1) is 26.7. The number of benzene rings is 8. The van der Waals surface area contributed by atoms with E-state index in [9.17, 15) is 0 Å². The normalized spacial score (nSPS) is 13.2. The summed E-state index contributed by atoms with van der Waals surface area (Å²) in [5.41, 5.74) is 11.3. The van der Waals surface area contributed by atoms with Crippen molar-refractivity contribution in [2.45, 2.75) is 19.3 Å². The molecule has 0 aliphatic heterocycles. The molecule has 0 atom stereocenters. The third kappa shape index (κ3) is 4.02. The van der Waals surface area contributed by atoms with E-state index in [-0.39, 0.29) is 5.41 Å². The van der Waals surface area contributed by atoms with E-state index in [0.29, 0.717) is 0 Å². The molecule has 0 fully saturated rings. The second kappa shape index (κ2) is 10.2. The Morgan fingerprint density at radius 1 is 0.391 bits per heavy atom. The predicted octanol–water partition coefficient (Wildman–Crippen LogP) is 12.6. The van der Waals surface area contributed by atoms with E-state index in [0.717, 1.165) is 17.1 Å². The van der Waals surface area contributed by atoms with Gasteiger partial charge in [-0.3, -0.25) is 0 Å². The van der Waals surface area contributed by atoms with E-state index in [1.165, 1.54) is 65.7 Å². The summed E-state index contributed by atoms with van der Waals surface area (Å²) in [6.45, 7) is 4.70. The maximum Gasteiger partial charge on any atom is 0.0546 e. The summed E-state index contributed by atoms with van der Waals surface area (Å²) in [7, 11) is 0. The Labute approximate surface area is 270 Å². The molecule has 0 bridgehead atoms. The molecule has 1 heteroatoms. The quantitative estimate of drug-likeness (QED) is 0.198. The molecule has 0 unspecified atom stereocenters. The zero-order chi connectivity index (χ0) is 30.8. The molecule has 0 amide bonds. The van der Waals surface area contributed by atoms with E-state index in [2.05, 4.69) is 183 Å². The zero-order valence-electron chi connectivity index (χ0n) is 26.0. The lowest BCUT2D eigenvalue weighted by Crippen LogP contribution is -2.15. The largest absolute Gasteiger partial charge is 0.310 e. The van der Waals surface area contributed by atoms with Crippen LogP contribution in [0.5, 0.6) is 0 Å². The van der Waals surface area contributed by atoms with Crippen LogP contribution in [0.2, 0.25) is 0 Å². The van der Waals surface area contributed by atoms with E-state index >= 15 is 0 Å². The molecule has 0 radical (unpaired) electrons. The van der Waals surface area contributed by atoms with E-state index < -0.39 is 0 Å². The van der Waals surface area contributed by atoms with Gasteiger partial charge in [0, 0.05) is 22.4 Å². The van der Waals surface area contributed by atoms with Crippen molar-refractivity contribution in [1.82, 2.24) is 0 Å². The SMILES string of the molecule is CC1(C)c2ccccc2-c2cc(N(c3ccc4ccccc4c3)c3ccc4ccccc4c3-c3cccc4ccccc34)ccc21. The molecule has 0 saturated carbocycles. The minimum absolute atomic E-state index is 0.0463. The highest BCUT2D eigenvalue weighted by atomic mass is 15.1.